The Balaban J connectivity index is 0. The highest BCUT2D eigenvalue weighted by Gasteiger charge is 2.13. The summed E-state index contributed by atoms with van der Waals surface area (Å²) in [4.78, 5) is 12.8. The van der Waals surface area contributed by atoms with E-state index in [1.54, 1.807) is 26.5 Å². The summed E-state index contributed by atoms with van der Waals surface area (Å²) in [6.45, 7) is 5.31. The van der Waals surface area contributed by atoms with E-state index in [0.29, 0.717) is 0 Å². The highest BCUT2D eigenvalue weighted by Crippen LogP contribution is 1.80. The van der Waals surface area contributed by atoms with Crippen molar-refractivity contribution < 1.29 is 22.3 Å². The Hall–Kier alpha value is -1.47. The predicted molar refractivity (Wildman–Crippen MR) is 72.7 cm³/mol. The Bertz CT molecular complexity index is 444. The molecule has 1 rings (SSSR count). The number of carbonyl (C=O) groups is 1. The van der Waals surface area contributed by atoms with Gasteiger partial charge in [-0.15, -0.1) is 0 Å². The van der Waals surface area contributed by atoms with Gasteiger partial charge in [-0.25, -0.2) is 13.3 Å². The molecule has 0 unspecified atom stereocenters. The molecular formula is C12H22N2O4S. The minimum Gasteiger partial charge on any atom is -0.748 e. The Kier molecular flexibility index (Phi) is 10.9. The zero-order chi connectivity index (χ0) is 15.5. The number of aromatic nitrogens is 1. The first-order valence-electron chi connectivity index (χ1n) is 5.89. The van der Waals surface area contributed by atoms with E-state index in [0.717, 1.165) is 0 Å². The lowest BCUT2D eigenvalue weighted by Crippen LogP contribution is -2.48. The van der Waals surface area contributed by atoms with Crippen LogP contribution in [0.2, 0.25) is 0 Å². The van der Waals surface area contributed by atoms with Crippen LogP contribution in [0.3, 0.4) is 0 Å². The van der Waals surface area contributed by atoms with Crippen molar-refractivity contribution in [1.82, 2.24) is 4.90 Å². The first kappa shape index (κ1) is 19.9. The molecule has 7 heteroatoms. The molecule has 0 aliphatic carbocycles. The summed E-state index contributed by atoms with van der Waals surface area (Å²) in [5.41, 5.74) is 0. The second kappa shape index (κ2) is 10.5. The van der Waals surface area contributed by atoms with Gasteiger partial charge in [-0.2, -0.15) is 9.36 Å². The van der Waals surface area contributed by atoms with E-state index >= 15 is 0 Å². The molecule has 0 aliphatic heterocycles. The first-order valence-corrected chi connectivity index (χ1v) is 7.47. The SMILES string of the molecule is CC.CCS(=O)(=O)[O-].CN(C)C(=O)[n+]1ccccc1. The van der Waals surface area contributed by atoms with Crippen molar-refractivity contribution in [2.75, 3.05) is 19.8 Å². The molecule has 0 atom stereocenters. The Labute approximate surface area is 115 Å². The Morgan fingerprint density at radius 2 is 1.53 bits per heavy atom. The van der Waals surface area contributed by atoms with Gasteiger partial charge in [0.15, 0.2) is 0 Å². The van der Waals surface area contributed by atoms with E-state index in [1.807, 2.05) is 32.0 Å². The molecule has 1 aromatic heterocycles. The molecule has 0 N–H and O–H groups in total. The number of hydrogen-bond donors (Lipinski definition) is 0. The molecule has 0 bridgehead atoms. The van der Waals surface area contributed by atoms with Gasteiger partial charge in [-0.05, 0) is 12.1 Å². The lowest BCUT2D eigenvalue weighted by atomic mass is 10.5. The minimum atomic E-state index is -3.91. The fourth-order valence-electron chi connectivity index (χ4n) is 0.757. The molecule has 110 valence electrons. The zero-order valence-corrected chi connectivity index (χ0v) is 12.8. The molecule has 0 saturated carbocycles. The van der Waals surface area contributed by atoms with Crippen LogP contribution < -0.4 is 4.57 Å². The molecular weight excluding hydrogens is 268 g/mol. The van der Waals surface area contributed by atoms with Gasteiger partial charge in [0.2, 0.25) is 0 Å². The minimum absolute atomic E-state index is 0.0365. The van der Waals surface area contributed by atoms with Crippen molar-refractivity contribution in [1.29, 1.82) is 0 Å². The number of amides is 1. The first-order chi connectivity index (χ1) is 8.78. The number of rotatable bonds is 1. The van der Waals surface area contributed by atoms with E-state index in [2.05, 4.69) is 0 Å². The molecule has 0 fully saturated rings. The molecule has 1 amide bonds. The van der Waals surface area contributed by atoms with Crippen LogP contribution in [0, 0.1) is 0 Å². The lowest BCUT2D eigenvalue weighted by molar-refractivity contribution is -0.577. The normalized spacial score (nSPS) is 9.37. The van der Waals surface area contributed by atoms with Crippen molar-refractivity contribution in [3.05, 3.63) is 30.6 Å². The maximum atomic E-state index is 11.2. The average molecular weight is 290 g/mol. The van der Waals surface area contributed by atoms with Crippen LogP contribution in [0.4, 0.5) is 4.79 Å². The summed E-state index contributed by atoms with van der Waals surface area (Å²) in [6.07, 6.45) is 3.45. The van der Waals surface area contributed by atoms with E-state index in [9.17, 15) is 17.8 Å². The quantitative estimate of drug-likeness (QED) is 0.572. The molecule has 19 heavy (non-hydrogen) atoms. The van der Waals surface area contributed by atoms with Gasteiger partial charge < -0.3 is 4.55 Å². The second-order valence-corrected chi connectivity index (χ2v) is 5.00. The summed E-state index contributed by atoms with van der Waals surface area (Å²) in [5, 5.41) is 0. The van der Waals surface area contributed by atoms with E-state index in [-0.39, 0.29) is 11.8 Å². The lowest BCUT2D eigenvalue weighted by Gasteiger charge is -2.01. The van der Waals surface area contributed by atoms with Crippen molar-refractivity contribution in [3.8, 4) is 0 Å². The summed E-state index contributed by atoms with van der Waals surface area (Å²) in [7, 11) is -0.463. The maximum Gasteiger partial charge on any atom is 0.497 e. The third kappa shape index (κ3) is 11.4. The van der Waals surface area contributed by atoms with Crippen molar-refractivity contribution >= 4 is 16.1 Å². The Morgan fingerprint density at radius 1 is 1.16 bits per heavy atom. The van der Waals surface area contributed by atoms with E-state index in [4.69, 9.17) is 0 Å². The van der Waals surface area contributed by atoms with Gasteiger partial charge in [-0.3, -0.25) is 0 Å². The Morgan fingerprint density at radius 3 is 1.79 bits per heavy atom. The van der Waals surface area contributed by atoms with Gasteiger partial charge in [0.1, 0.15) is 0 Å². The third-order valence-corrected chi connectivity index (χ3v) is 2.38. The summed E-state index contributed by atoms with van der Waals surface area (Å²) in [5.74, 6) is -0.312. The highest BCUT2D eigenvalue weighted by molar-refractivity contribution is 7.85. The van der Waals surface area contributed by atoms with Crippen LogP contribution in [-0.4, -0.2) is 43.7 Å². The van der Waals surface area contributed by atoms with Crippen LogP contribution in [0.1, 0.15) is 20.8 Å². The predicted octanol–water partition coefficient (Wildman–Crippen LogP) is 1.08. The summed E-state index contributed by atoms with van der Waals surface area (Å²) in [6, 6.07) is 5.48. The van der Waals surface area contributed by atoms with Crippen LogP contribution in [0.25, 0.3) is 0 Å². The van der Waals surface area contributed by atoms with Crippen LogP contribution >= 0.6 is 0 Å². The third-order valence-electron chi connectivity index (χ3n) is 1.67. The summed E-state index contributed by atoms with van der Waals surface area (Å²) >= 11 is 0. The van der Waals surface area contributed by atoms with E-state index in [1.165, 1.54) is 16.4 Å². The van der Waals surface area contributed by atoms with Crippen LogP contribution in [0.15, 0.2) is 30.6 Å². The van der Waals surface area contributed by atoms with E-state index < -0.39 is 10.1 Å². The van der Waals surface area contributed by atoms with Gasteiger partial charge in [-0.1, -0.05) is 26.8 Å². The topological polar surface area (TPSA) is 81.4 Å². The van der Waals surface area contributed by atoms with Crippen molar-refractivity contribution in [3.63, 3.8) is 0 Å². The highest BCUT2D eigenvalue weighted by atomic mass is 32.2. The molecule has 6 nitrogen and oxygen atoms in total. The fourth-order valence-corrected chi connectivity index (χ4v) is 0.757. The van der Waals surface area contributed by atoms with Crippen LogP contribution in [-0.2, 0) is 10.1 Å². The van der Waals surface area contributed by atoms with Crippen LogP contribution in [0.5, 0.6) is 0 Å². The second-order valence-electron chi connectivity index (χ2n) is 3.31. The molecule has 0 aliphatic rings. The van der Waals surface area contributed by atoms with Crippen molar-refractivity contribution in [2.45, 2.75) is 20.8 Å². The van der Waals surface area contributed by atoms with Gasteiger partial charge >= 0.3 is 6.03 Å². The number of pyridine rings is 1. The number of hydrogen-bond acceptors (Lipinski definition) is 4. The molecule has 0 radical (unpaired) electrons. The molecule has 0 aromatic carbocycles. The van der Waals surface area contributed by atoms with Gasteiger partial charge in [0.25, 0.3) is 0 Å². The monoisotopic (exact) mass is 290 g/mol. The van der Waals surface area contributed by atoms with Gasteiger partial charge in [0.05, 0.1) is 36.6 Å². The fraction of sp³-hybridized carbons (Fsp3) is 0.500. The average Bonchev–Trinajstić information content (AvgIpc) is 2.41. The molecule has 0 saturated heterocycles. The van der Waals surface area contributed by atoms with Crippen molar-refractivity contribution in [2.24, 2.45) is 0 Å². The molecule has 1 aromatic rings. The smallest absolute Gasteiger partial charge is 0.497 e. The largest absolute Gasteiger partial charge is 0.748 e. The standard InChI is InChI=1S/C8H11N2O.C2H6O3S.C2H6/c1-9(2)8(11)10-6-4-3-5-7-10;1-2-6(3,4)5;1-2/h3-7H,1-2H3;2H2,1H3,(H,3,4,5);1-2H3/q+1;;/p-1. The zero-order valence-electron chi connectivity index (χ0n) is 12.0. The number of carbonyl (C=O) groups excluding carboxylic acids is 1. The number of nitrogens with zero attached hydrogens (tertiary/aromatic N) is 2. The summed E-state index contributed by atoms with van der Waals surface area (Å²) < 4.78 is 29.9. The molecule has 0 spiro atoms. The van der Waals surface area contributed by atoms with Gasteiger partial charge in [0, 0.05) is 5.75 Å². The maximum absolute atomic E-state index is 11.2. The molecule has 1 heterocycles.